The van der Waals surface area contributed by atoms with Crippen molar-refractivity contribution in [3.05, 3.63) is 36.0 Å². The topological polar surface area (TPSA) is 82.9 Å². The van der Waals surface area contributed by atoms with E-state index in [1.54, 1.807) is 7.05 Å². The summed E-state index contributed by atoms with van der Waals surface area (Å²) in [6, 6.07) is 7.59. The number of amides is 1. The fraction of sp³-hybridized carbons (Fsp3) is 0.250. The molecule has 0 saturated heterocycles. The van der Waals surface area contributed by atoms with Gasteiger partial charge in [0.25, 0.3) is 0 Å². The zero-order chi connectivity index (χ0) is 12.3. The molecule has 17 heavy (non-hydrogen) atoms. The second-order valence-corrected chi connectivity index (χ2v) is 3.90. The molecule has 90 valence electrons. The third-order valence-corrected chi connectivity index (χ3v) is 2.69. The molecular formula is C12H16N4O. The quantitative estimate of drug-likeness (QED) is 0.589. The molecule has 0 radical (unpaired) electrons. The second-order valence-electron chi connectivity index (χ2n) is 3.90. The highest BCUT2D eigenvalue weighted by atomic mass is 16.2. The number of hydrazine groups is 1. The van der Waals surface area contributed by atoms with Crippen LogP contribution in [0.3, 0.4) is 0 Å². The second kappa shape index (κ2) is 4.99. The Hall–Kier alpha value is -1.85. The van der Waals surface area contributed by atoms with Gasteiger partial charge < -0.3 is 10.7 Å². The van der Waals surface area contributed by atoms with Crippen LogP contribution in [-0.2, 0) is 4.79 Å². The SMILES string of the molecule is CNNC(=O)CC(N)c1c[nH]c2ccccc12. The Balaban J connectivity index is 2.19. The standard InChI is InChI=1S/C12H16N4O/c1-14-16-12(17)6-10(13)9-7-15-11-5-3-2-4-8(9)11/h2-5,7,10,14-15H,6,13H2,1H3,(H,16,17). The molecule has 5 N–H and O–H groups in total. The van der Waals surface area contributed by atoms with Gasteiger partial charge in [-0.3, -0.25) is 10.2 Å². The average molecular weight is 232 g/mol. The van der Waals surface area contributed by atoms with Crippen LogP contribution in [0.5, 0.6) is 0 Å². The summed E-state index contributed by atoms with van der Waals surface area (Å²) >= 11 is 0. The number of hydrogen-bond donors (Lipinski definition) is 4. The van der Waals surface area contributed by atoms with Crippen molar-refractivity contribution in [1.29, 1.82) is 0 Å². The van der Waals surface area contributed by atoms with Crippen molar-refractivity contribution in [3.8, 4) is 0 Å². The molecule has 1 unspecified atom stereocenters. The van der Waals surface area contributed by atoms with Crippen molar-refractivity contribution >= 4 is 16.8 Å². The Morgan fingerprint density at radius 2 is 2.24 bits per heavy atom. The van der Waals surface area contributed by atoms with E-state index in [-0.39, 0.29) is 18.4 Å². The summed E-state index contributed by atoms with van der Waals surface area (Å²) in [6.45, 7) is 0. The van der Waals surface area contributed by atoms with Gasteiger partial charge in [0.05, 0.1) is 0 Å². The molecule has 1 amide bonds. The molecule has 1 heterocycles. The first-order valence-corrected chi connectivity index (χ1v) is 5.49. The molecule has 2 rings (SSSR count). The van der Waals surface area contributed by atoms with E-state index in [2.05, 4.69) is 15.8 Å². The highest BCUT2D eigenvalue weighted by Gasteiger charge is 2.14. The summed E-state index contributed by atoms with van der Waals surface area (Å²) in [6.07, 6.45) is 2.12. The molecule has 0 spiro atoms. The number of aromatic amines is 1. The van der Waals surface area contributed by atoms with E-state index >= 15 is 0 Å². The number of H-pyrrole nitrogens is 1. The molecule has 0 saturated carbocycles. The lowest BCUT2D eigenvalue weighted by atomic mass is 10.0. The minimum atomic E-state index is -0.306. The monoisotopic (exact) mass is 232 g/mol. The first-order valence-electron chi connectivity index (χ1n) is 5.49. The molecule has 1 atom stereocenters. The van der Waals surface area contributed by atoms with Crippen LogP contribution < -0.4 is 16.6 Å². The van der Waals surface area contributed by atoms with Crippen LogP contribution in [0.2, 0.25) is 0 Å². The maximum absolute atomic E-state index is 11.4. The molecule has 1 aromatic heterocycles. The van der Waals surface area contributed by atoms with E-state index in [1.807, 2.05) is 30.5 Å². The summed E-state index contributed by atoms with van der Waals surface area (Å²) in [5, 5.41) is 1.07. The normalized spacial score (nSPS) is 12.6. The van der Waals surface area contributed by atoms with Crippen molar-refractivity contribution in [1.82, 2.24) is 15.8 Å². The number of carbonyl (C=O) groups excluding carboxylic acids is 1. The number of rotatable bonds is 4. The largest absolute Gasteiger partial charge is 0.361 e. The van der Waals surface area contributed by atoms with Gasteiger partial charge in [0, 0.05) is 36.6 Å². The zero-order valence-corrected chi connectivity index (χ0v) is 9.66. The molecule has 0 bridgehead atoms. The summed E-state index contributed by atoms with van der Waals surface area (Å²) < 4.78 is 0. The number of para-hydroxylation sites is 1. The van der Waals surface area contributed by atoms with Crippen molar-refractivity contribution < 1.29 is 4.79 Å². The first-order chi connectivity index (χ1) is 8.22. The number of nitrogens with one attached hydrogen (secondary N) is 3. The fourth-order valence-electron chi connectivity index (χ4n) is 1.90. The van der Waals surface area contributed by atoms with E-state index in [1.165, 1.54) is 0 Å². The van der Waals surface area contributed by atoms with Crippen molar-refractivity contribution in [2.75, 3.05) is 7.05 Å². The van der Waals surface area contributed by atoms with E-state index in [4.69, 9.17) is 5.73 Å². The highest BCUT2D eigenvalue weighted by molar-refractivity contribution is 5.84. The molecule has 0 aliphatic carbocycles. The van der Waals surface area contributed by atoms with Gasteiger partial charge in [-0.1, -0.05) is 18.2 Å². The van der Waals surface area contributed by atoms with E-state index < -0.39 is 0 Å². The number of nitrogens with two attached hydrogens (primary N) is 1. The molecule has 0 aliphatic heterocycles. The van der Waals surface area contributed by atoms with Gasteiger partial charge in [0.2, 0.25) is 5.91 Å². The van der Waals surface area contributed by atoms with Gasteiger partial charge in [0.1, 0.15) is 0 Å². The van der Waals surface area contributed by atoms with Crippen LogP contribution in [-0.4, -0.2) is 17.9 Å². The van der Waals surface area contributed by atoms with Gasteiger partial charge in [-0.15, -0.1) is 0 Å². The predicted octanol–water partition coefficient (Wildman–Crippen LogP) is 0.808. The number of fused-ring (bicyclic) bond motifs is 1. The smallest absolute Gasteiger partial charge is 0.235 e. The lowest BCUT2D eigenvalue weighted by Gasteiger charge is -2.10. The number of aromatic nitrogens is 1. The van der Waals surface area contributed by atoms with Crippen LogP contribution in [0.15, 0.2) is 30.5 Å². The highest BCUT2D eigenvalue weighted by Crippen LogP contribution is 2.24. The molecule has 0 aliphatic rings. The van der Waals surface area contributed by atoms with Gasteiger partial charge in [-0.25, -0.2) is 5.43 Å². The Labute approximate surface area is 99.4 Å². The lowest BCUT2D eigenvalue weighted by Crippen LogP contribution is -2.35. The molecule has 1 aromatic carbocycles. The summed E-state index contributed by atoms with van der Waals surface area (Å²) in [5.74, 6) is -0.120. The number of hydrogen-bond acceptors (Lipinski definition) is 3. The molecule has 2 aromatic rings. The third-order valence-electron chi connectivity index (χ3n) is 2.69. The minimum absolute atomic E-state index is 0.120. The Morgan fingerprint density at radius 1 is 1.47 bits per heavy atom. The number of benzene rings is 1. The minimum Gasteiger partial charge on any atom is -0.361 e. The van der Waals surface area contributed by atoms with E-state index in [0.29, 0.717) is 0 Å². The summed E-state index contributed by atoms with van der Waals surface area (Å²) in [7, 11) is 1.65. The fourth-order valence-corrected chi connectivity index (χ4v) is 1.90. The molecule has 5 heteroatoms. The van der Waals surface area contributed by atoms with Crippen LogP contribution in [0.4, 0.5) is 0 Å². The average Bonchev–Trinajstić information content (AvgIpc) is 2.72. The molecule has 5 nitrogen and oxygen atoms in total. The van der Waals surface area contributed by atoms with E-state index in [0.717, 1.165) is 16.5 Å². The van der Waals surface area contributed by atoms with Gasteiger partial charge >= 0.3 is 0 Å². The van der Waals surface area contributed by atoms with Crippen LogP contribution in [0, 0.1) is 0 Å². The Kier molecular flexibility index (Phi) is 3.41. The van der Waals surface area contributed by atoms with Crippen molar-refractivity contribution in [2.45, 2.75) is 12.5 Å². The Morgan fingerprint density at radius 3 is 3.00 bits per heavy atom. The zero-order valence-electron chi connectivity index (χ0n) is 9.66. The first kappa shape index (κ1) is 11.6. The summed E-state index contributed by atoms with van der Waals surface area (Å²) in [5.41, 5.74) is 13.1. The maximum Gasteiger partial charge on any atom is 0.235 e. The van der Waals surface area contributed by atoms with Gasteiger partial charge in [-0.2, -0.15) is 0 Å². The third kappa shape index (κ3) is 2.46. The molecular weight excluding hydrogens is 216 g/mol. The molecule has 0 fully saturated rings. The van der Waals surface area contributed by atoms with E-state index in [9.17, 15) is 4.79 Å². The van der Waals surface area contributed by atoms with Crippen LogP contribution in [0.25, 0.3) is 10.9 Å². The van der Waals surface area contributed by atoms with Crippen LogP contribution >= 0.6 is 0 Å². The lowest BCUT2D eigenvalue weighted by molar-refractivity contribution is -0.122. The van der Waals surface area contributed by atoms with Crippen LogP contribution in [0.1, 0.15) is 18.0 Å². The van der Waals surface area contributed by atoms with Crippen molar-refractivity contribution in [3.63, 3.8) is 0 Å². The Bertz CT molecular complexity index is 520. The van der Waals surface area contributed by atoms with Gasteiger partial charge in [0.15, 0.2) is 0 Å². The number of carbonyl (C=O) groups is 1. The summed E-state index contributed by atoms with van der Waals surface area (Å²) in [4.78, 5) is 14.6. The van der Waals surface area contributed by atoms with Crippen molar-refractivity contribution in [2.24, 2.45) is 5.73 Å². The maximum atomic E-state index is 11.4. The van der Waals surface area contributed by atoms with Gasteiger partial charge in [-0.05, 0) is 11.6 Å². The predicted molar refractivity (Wildman–Crippen MR) is 67.0 cm³/mol.